The molecule has 0 fully saturated rings. The van der Waals surface area contributed by atoms with E-state index in [1.165, 1.54) is 38.4 Å². The summed E-state index contributed by atoms with van der Waals surface area (Å²) < 4.78 is 83.7. The number of ether oxygens (including phenoxy) is 3. The van der Waals surface area contributed by atoms with Gasteiger partial charge in [0.25, 0.3) is 0 Å². The molecule has 4 aromatic heterocycles. The molecule has 0 radical (unpaired) electrons. The summed E-state index contributed by atoms with van der Waals surface area (Å²) in [7, 11) is -5.70. The molecule has 25 heteroatoms. The van der Waals surface area contributed by atoms with Crippen molar-refractivity contribution >= 4 is 37.9 Å². The van der Waals surface area contributed by atoms with Crippen LogP contribution < -0.4 is 29.6 Å². The number of tetrazole rings is 1. The Morgan fingerprint density at radius 3 is 1.88 bits per heavy atom. The van der Waals surface area contributed by atoms with Crippen LogP contribution in [0.3, 0.4) is 0 Å². The number of imidazole rings is 1. The SMILES string of the molecule is COc1ccc(CN(Cc2ccc(OC)cc2)S(=O)(=O)c2c(S(=O)(=O)NC(CNC(=O)O)CNC(=O)O)ccc(-c3ccnc(-c4cnc5ccncn45)c3)c2-c2nnn(Cc3ccc(OC)cc3)n2)cc1. The maximum atomic E-state index is 16.2. The van der Waals surface area contributed by atoms with Crippen LogP contribution in [0.15, 0.2) is 138 Å². The van der Waals surface area contributed by atoms with E-state index >= 15 is 16.8 Å². The molecule has 72 heavy (non-hydrogen) atoms. The highest BCUT2D eigenvalue weighted by atomic mass is 32.2. The normalized spacial score (nSPS) is 11.7. The van der Waals surface area contributed by atoms with Gasteiger partial charge in [-0.1, -0.05) is 42.5 Å². The van der Waals surface area contributed by atoms with Crippen LogP contribution >= 0.6 is 0 Å². The van der Waals surface area contributed by atoms with Crippen LogP contribution in [0.5, 0.6) is 17.2 Å². The van der Waals surface area contributed by atoms with Crippen LogP contribution in [-0.4, -0.2) is 124 Å². The summed E-state index contributed by atoms with van der Waals surface area (Å²) >= 11 is 0. The van der Waals surface area contributed by atoms with Crippen molar-refractivity contribution in [2.75, 3.05) is 34.4 Å². The first-order chi connectivity index (χ1) is 34.6. The maximum absolute atomic E-state index is 16.2. The van der Waals surface area contributed by atoms with Crippen molar-refractivity contribution in [3.05, 3.63) is 145 Å². The number of hydrogen-bond donors (Lipinski definition) is 5. The monoisotopic (exact) mass is 1020 g/mol. The number of methoxy groups -OCH3 is 3. The molecule has 4 aromatic carbocycles. The van der Waals surface area contributed by atoms with E-state index in [-0.39, 0.29) is 36.6 Å². The lowest BCUT2D eigenvalue weighted by Crippen LogP contribution is -2.49. The summed E-state index contributed by atoms with van der Waals surface area (Å²) in [4.78, 5) is 36.2. The molecule has 0 saturated heterocycles. The van der Waals surface area contributed by atoms with Gasteiger partial charge >= 0.3 is 12.2 Å². The zero-order chi connectivity index (χ0) is 51.0. The Balaban J connectivity index is 1.39. The van der Waals surface area contributed by atoms with Gasteiger partial charge in [-0.2, -0.15) is 9.10 Å². The fourth-order valence-electron chi connectivity index (χ4n) is 7.64. The second-order valence-electron chi connectivity index (χ2n) is 15.8. The number of nitrogens with one attached hydrogen (secondary N) is 3. The highest BCUT2D eigenvalue weighted by Crippen LogP contribution is 2.42. The largest absolute Gasteiger partial charge is 0.497 e. The van der Waals surface area contributed by atoms with Gasteiger partial charge in [0.15, 0.2) is 0 Å². The number of benzene rings is 4. The van der Waals surface area contributed by atoms with Gasteiger partial charge < -0.3 is 35.1 Å². The maximum Gasteiger partial charge on any atom is 0.404 e. The molecule has 2 amide bonds. The van der Waals surface area contributed by atoms with Crippen LogP contribution in [0.2, 0.25) is 0 Å². The summed E-state index contributed by atoms with van der Waals surface area (Å²) in [6.45, 7) is -1.80. The average Bonchev–Trinajstić information content (AvgIpc) is 4.04. The Kier molecular flexibility index (Phi) is 15.0. The minimum atomic E-state index is -5.12. The highest BCUT2D eigenvalue weighted by molar-refractivity contribution is 7.92. The second-order valence-corrected chi connectivity index (χ2v) is 19.4. The van der Waals surface area contributed by atoms with Gasteiger partial charge in [-0.3, -0.25) is 9.38 Å². The minimum Gasteiger partial charge on any atom is -0.497 e. The third-order valence-corrected chi connectivity index (χ3v) is 14.7. The number of fused-ring (bicyclic) bond motifs is 1. The number of aromatic nitrogens is 8. The molecule has 4 heterocycles. The second kappa shape index (κ2) is 21.6. The molecule has 0 atom stereocenters. The van der Waals surface area contributed by atoms with Crippen LogP contribution in [0.25, 0.3) is 39.5 Å². The zero-order valence-electron chi connectivity index (χ0n) is 38.6. The minimum absolute atomic E-state index is 0.0472. The lowest BCUT2D eigenvalue weighted by Gasteiger charge is -2.27. The molecule has 0 aliphatic heterocycles. The number of amides is 2. The molecule has 8 rings (SSSR count). The summed E-state index contributed by atoms with van der Waals surface area (Å²) in [6.07, 6.45) is 3.18. The van der Waals surface area contributed by atoms with Crippen molar-refractivity contribution < 1.29 is 50.8 Å². The van der Waals surface area contributed by atoms with Crippen LogP contribution in [0, 0.1) is 0 Å². The molecular weight excluding hydrogens is 973 g/mol. The van der Waals surface area contributed by atoms with E-state index in [2.05, 4.69) is 45.7 Å². The Morgan fingerprint density at radius 1 is 0.722 bits per heavy atom. The zero-order valence-corrected chi connectivity index (χ0v) is 40.3. The molecule has 0 spiro atoms. The Bertz CT molecular complexity index is 3380. The first kappa shape index (κ1) is 49.9. The number of pyridine rings is 1. The van der Waals surface area contributed by atoms with Crippen molar-refractivity contribution in [1.29, 1.82) is 0 Å². The molecule has 0 aliphatic carbocycles. The quantitative estimate of drug-likeness (QED) is 0.0648. The lowest BCUT2D eigenvalue weighted by atomic mass is 9.99. The molecule has 5 N–H and O–H groups in total. The Labute approximate surface area is 412 Å². The standard InChI is InChI=1S/C47H46N12O11S2/c1-68-35-10-4-30(5-11-35)26-57(27-31-6-12-36(69-2)13-7-31)72(66,67)44-41(71(64,65)55-34(23-51-46(60)61)24-52-47(62)63)17-16-38(33-18-21-49-39(22-33)40-25-50-42-19-20-48-29-58(40)42)43(44)45-53-56-59(54-45)28-32-8-14-37(70-3)15-9-32/h4-22,25,29,34,51-52,55H,23-24,26-28H2,1-3H3,(H,60,61)(H,62,63). The van der Waals surface area contributed by atoms with Gasteiger partial charge in [-0.15, -0.1) is 10.2 Å². The molecular formula is C47H46N12O11S2. The van der Waals surface area contributed by atoms with Crippen LogP contribution in [-0.2, 0) is 39.7 Å². The highest BCUT2D eigenvalue weighted by Gasteiger charge is 2.39. The van der Waals surface area contributed by atoms with Crippen molar-refractivity contribution in [3.63, 3.8) is 0 Å². The molecule has 8 aromatic rings. The fraction of sp³-hybridized carbons (Fsp3) is 0.191. The van der Waals surface area contributed by atoms with Crippen molar-refractivity contribution in [2.45, 2.75) is 35.5 Å². The number of sulfonamides is 2. The molecule has 372 valence electrons. The summed E-state index contributed by atoms with van der Waals surface area (Å²) in [5.74, 6) is 1.31. The average molecular weight is 1020 g/mol. The Hall–Kier alpha value is -8.52. The van der Waals surface area contributed by atoms with Crippen LogP contribution in [0.1, 0.15) is 16.7 Å². The molecule has 0 bridgehead atoms. The lowest BCUT2D eigenvalue weighted by molar-refractivity contribution is 0.191. The fourth-order valence-corrected chi connectivity index (χ4v) is 11.3. The van der Waals surface area contributed by atoms with Gasteiger partial charge in [0.05, 0.1) is 57.1 Å². The predicted octanol–water partition coefficient (Wildman–Crippen LogP) is 4.76. The smallest absolute Gasteiger partial charge is 0.404 e. The molecule has 0 saturated carbocycles. The van der Waals surface area contributed by atoms with Crippen molar-refractivity contribution in [3.8, 4) is 51.2 Å². The van der Waals surface area contributed by atoms with Gasteiger partial charge in [-0.25, -0.2) is 41.1 Å². The first-order valence-corrected chi connectivity index (χ1v) is 24.6. The third kappa shape index (κ3) is 11.4. The van der Waals surface area contributed by atoms with E-state index in [4.69, 9.17) is 14.2 Å². The number of rotatable bonds is 21. The van der Waals surface area contributed by atoms with Gasteiger partial charge in [-0.05, 0) is 93.7 Å². The molecule has 23 nitrogen and oxygen atoms in total. The summed E-state index contributed by atoms with van der Waals surface area (Å²) in [6, 6.07) is 26.3. The summed E-state index contributed by atoms with van der Waals surface area (Å²) in [5.41, 5.74) is 3.41. The summed E-state index contributed by atoms with van der Waals surface area (Å²) in [5, 5.41) is 36.4. The van der Waals surface area contributed by atoms with Crippen molar-refractivity contribution in [2.24, 2.45) is 0 Å². The van der Waals surface area contributed by atoms with E-state index < -0.39 is 61.2 Å². The topological polar surface area (TPSA) is 297 Å². The van der Waals surface area contributed by atoms with Gasteiger partial charge in [0, 0.05) is 38.6 Å². The third-order valence-electron chi connectivity index (χ3n) is 11.2. The van der Waals surface area contributed by atoms with E-state index in [1.807, 2.05) is 0 Å². The molecule has 0 aliphatic rings. The van der Waals surface area contributed by atoms with Crippen LogP contribution in [0.4, 0.5) is 9.59 Å². The predicted molar refractivity (Wildman–Crippen MR) is 259 cm³/mol. The van der Waals surface area contributed by atoms with Gasteiger partial charge in [0.1, 0.15) is 39.0 Å². The van der Waals surface area contributed by atoms with E-state index in [1.54, 1.807) is 114 Å². The number of hydrogen-bond acceptors (Lipinski definition) is 15. The van der Waals surface area contributed by atoms with E-state index in [9.17, 15) is 19.8 Å². The molecule has 0 unspecified atom stereocenters. The number of nitrogens with zero attached hydrogens (tertiary/aromatic N) is 9. The van der Waals surface area contributed by atoms with E-state index in [0.29, 0.717) is 51.0 Å². The Morgan fingerprint density at radius 2 is 1.31 bits per heavy atom. The first-order valence-electron chi connectivity index (χ1n) is 21.7. The van der Waals surface area contributed by atoms with Gasteiger partial charge in [0.2, 0.25) is 25.9 Å². The number of carboxylic acid groups (broad SMARTS) is 2. The number of carbonyl (C=O) groups is 2. The van der Waals surface area contributed by atoms with E-state index in [0.717, 1.165) is 15.9 Å². The van der Waals surface area contributed by atoms with Crippen molar-refractivity contribution in [1.82, 2.24) is 59.2 Å².